The SMILES string of the molecule is Cc1cccc2cc3c(cc12)CCCC3. The molecule has 0 unspecified atom stereocenters. The van der Waals surface area contributed by atoms with Gasteiger partial charge in [-0.3, -0.25) is 0 Å². The molecule has 0 amide bonds. The summed E-state index contributed by atoms with van der Waals surface area (Å²) in [5.74, 6) is 0. The van der Waals surface area contributed by atoms with Crippen molar-refractivity contribution in [1.82, 2.24) is 0 Å². The van der Waals surface area contributed by atoms with Crippen LogP contribution in [0, 0.1) is 6.92 Å². The van der Waals surface area contributed by atoms with E-state index in [4.69, 9.17) is 0 Å². The number of hydrogen-bond acceptors (Lipinski definition) is 0. The van der Waals surface area contributed by atoms with Crippen LogP contribution < -0.4 is 0 Å². The van der Waals surface area contributed by atoms with Gasteiger partial charge in [0.15, 0.2) is 0 Å². The van der Waals surface area contributed by atoms with Crippen molar-refractivity contribution in [3.63, 3.8) is 0 Å². The molecule has 0 aromatic heterocycles. The molecule has 0 heteroatoms. The van der Waals surface area contributed by atoms with Gasteiger partial charge in [-0.2, -0.15) is 0 Å². The van der Waals surface area contributed by atoms with Gasteiger partial charge in [0, 0.05) is 0 Å². The first kappa shape index (κ1) is 8.96. The van der Waals surface area contributed by atoms with Crippen LogP contribution in [0.25, 0.3) is 10.8 Å². The summed E-state index contributed by atoms with van der Waals surface area (Å²) in [7, 11) is 0. The number of aryl methyl sites for hydroxylation is 3. The molecule has 0 radical (unpaired) electrons. The Labute approximate surface area is 90.9 Å². The lowest BCUT2D eigenvalue weighted by molar-refractivity contribution is 0.687. The van der Waals surface area contributed by atoms with E-state index in [2.05, 4.69) is 37.3 Å². The van der Waals surface area contributed by atoms with Crippen LogP contribution in [0.2, 0.25) is 0 Å². The molecule has 76 valence electrons. The highest BCUT2D eigenvalue weighted by molar-refractivity contribution is 5.87. The summed E-state index contributed by atoms with van der Waals surface area (Å²) in [5.41, 5.74) is 4.57. The zero-order chi connectivity index (χ0) is 10.3. The largest absolute Gasteiger partial charge is 0.0614 e. The summed E-state index contributed by atoms with van der Waals surface area (Å²) < 4.78 is 0. The molecule has 0 spiro atoms. The standard InChI is InChI=1S/C15H16/c1-11-5-4-8-14-9-12-6-2-3-7-13(12)10-15(11)14/h4-5,8-10H,2-3,6-7H2,1H3. The Morgan fingerprint density at radius 1 is 0.933 bits per heavy atom. The van der Waals surface area contributed by atoms with E-state index in [1.807, 2.05) is 0 Å². The lowest BCUT2D eigenvalue weighted by Crippen LogP contribution is -2.02. The predicted molar refractivity (Wildman–Crippen MR) is 65.3 cm³/mol. The van der Waals surface area contributed by atoms with Crippen LogP contribution in [-0.4, -0.2) is 0 Å². The highest BCUT2D eigenvalue weighted by Gasteiger charge is 2.10. The van der Waals surface area contributed by atoms with Gasteiger partial charge >= 0.3 is 0 Å². The van der Waals surface area contributed by atoms with Crippen molar-refractivity contribution in [2.24, 2.45) is 0 Å². The maximum atomic E-state index is 2.42. The van der Waals surface area contributed by atoms with E-state index in [1.165, 1.54) is 42.0 Å². The van der Waals surface area contributed by atoms with Crippen LogP contribution in [-0.2, 0) is 12.8 Å². The fourth-order valence-corrected chi connectivity index (χ4v) is 2.67. The monoisotopic (exact) mass is 196 g/mol. The lowest BCUT2D eigenvalue weighted by Gasteiger charge is -2.17. The fourth-order valence-electron chi connectivity index (χ4n) is 2.67. The van der Waals surface area contributed by atoms with Gasteiger partial charge in [-0.15, -0.1) is 0 Å². The van der Waals surface area contributed by atoms with Gasteiger partial charge in [0.1, 0.15) is 0 Å². The van der Waals surface area contributed by atoms with Crippen LogP contribution in [0.4, 0.5) is 0 Å². The first-order chi connectivity index (χ1) is 7.34. The highest BCUT2D eigenvalue weighted by Crippen LogP contribution is 2.28. The third-order valence-corrected chi connectivity index (χ3v) is 3.56. The van der Waals surface area contributed by atoms with E-state index in [-0.39, 0.29) is 0 Å². The minimum absolute atomic E-state index is 1.28. The zero-order valence-corrected chi connectivity index (χ0v) is 9.22. The van der Waals surface area contributed by atoms with Crippen LogP contribution in [0.5, 0.6) is 0 Å². The van der Waals surface area contributed by atoms with Crippen molar-refractivity contribution in [2.75, 3.05) is 0 Å². The predicted octanol–water partition coefficient (Wildman–Crippen LogP) is 4.03. The maximum Gasteiger partial charge on any atom is -0.0152 e. The van der Waals surface area contributed by atoms with Crippen molar-refractivity contribution in [1.29, 1.82) is 0 Å². The smallest absolute Gasteiger partial charge is 0.0152 e. The summed E-state index contributed by atoms with van der Waals surface area (Å²) in [4.78, 5) is 0. The van der Waals surface area contributed by atoms with Gasteiger partial charge in [-0.1, -0.05) is 30.3 Å². The molecule has 0 bridgehead atoms. The van der Waals surface area contributed by atoms with Crippen molar-refractivity contribution in [3.8, 4) is 0 Å². The lowest BCUT2D eigenvalue weighted by atomic mass is 9.88. The minimum Gasteiger partial charge on any atom is -0.0614 e. The third-order valence-electron chi connectivity index (χ3n) is 3.56. The molecular weight excluding hydrogens is 180 g/mol. The molecule has 0 saturated carbocycles. The van der Waals surface area contributed by atoms with Crippen molar-refractivity contribution in [2.45, 2.75) is 32.6 Å². The summed E-state index contributed by atoms with van der Waals surface area (Å²) in [6.07, 6.45) is 5.29. The topological polar surface area (TPSA) is 0 Å². The number of hydrogen-bond donors (Lipinski definition) is 0. The molecular formula is C15H16. The molecule has 1 aliphatic rings. The molecule has 0 nitrogen and oxygen atoms in total. The Morgan fingerprint density at radius 2 is 1.67 bits per heavy atom. The second-order valence-electron chi connectivity index (χ2n) is 4.62. The second-order valence-corrected chi connectivity index (χ2v) is 4.62. The number of fused-ring (bicyclic) bond motifs is 2. The van der Waals surface area contributed by atoms with Crippen molar-refractivity contribution >= 4 is 10.8 Å². The van der Waals surface area contributed by atoms with E-state index < -0.39 is 0 Å². The van der Waals surface area contributed by atoms with Crippen LogP contribution in [0.1, 0.15) is 29.5 Å². The van der Waals surface area contributed by atoms with Crippen LogP contribution in [0.15, 0.2) is 30.3 Å². The summed E-state index contributed by atoms with van der Waals surface area (Å²) in [5, 5.41) is 2.86. The summed E-state index contributed by atoms with van der Waals surface area (Å²) in [6, 6.07) is 11.4. The van der Waals surface area contributed by atoms with Crippen molar-refractivity contribution < 1.29 is 0 Å². The molecule has 0 aliphatic heterocycles. The quantitative estimate of drug-likeness (QED) is 0.597. The van der Waals surface area contributed by atoms with Crippen molar-refractivity contribution in [3.05, 3.63) is 47.0 Å². The molecule has 3 rings (SSSR count). The van der Waals surface area contributed by atoms with E-state index in [9.17, 15) is 0 Å². The first-order valence-electron chi connectivity index (χ1n) is 5.86. The van der Waals surface area contributed by atoms with E-state index in [1.54, 1.807) is 11.1 Å². The van der Waals surface area contributed by atoms with Crippen LogP contribution >= 0.6 is 0 Å². The number of rotatable bonds is 0. The van der Waals surface area contributed by atoms with Gasteiger partial charge < -0.3 is 0 Å². The average Bonchev–Trinajstić information content (AvgIpc) is 2.27. The third kappa shape index (κ3) is 1.45. The fraction of sp³-hybridized carbons (Fsp3) is 0.333. The Morgan fingerprint density at radius 3 is 2.47 bits per heavy atom. The summed E-state index contributed by atoms with van der Waals surface area (Å²) in [6.45, 7) is 2.21. The molecule has 0 N–H and O–H groups in total. The molecule has 2 aromatic carbocycles. The molecule has 2 aromatic rings. The van der Waals surface area contributed by atoms with Gasteiger partial charge in [0.05, 0.1) is 0 Å². The van der Waals surface area contributed by atoms with Crippen LogP contribution in [0.3, 0.4) is 0 Å². The maximum absolute atomic E-state index is 2.42. The van der Waals surface area contributed by atoms with E-state index in [0.717, 1.165) is 0 Å². The Balaban J connectivity index is 2.31. The molecule has 0 atom stereocenters. The first-order valence-corrected chi connectivity index (χ1v) is 5.86. The van der Waals surface area contributed by atoms with E-state index in [0.29, 0.717) is 0 Å². The highest BCUT2D eigenvalue weighted by atomic mass is 14.1. The van der Waals surface area contributed by atoms with Gasteiger partial charge in [0.25, 0.3) is 0 Å². The Bertz CT molecular complexity index is 509. The number of benzene rings is 2. The Kier molecular flexibility index (Phi) is 2.02. The minimum atomic E-state index is 1.28. The molecule has 1 aliphatic carbocycles. The van der Waals surface area contributed by atoms with Gasteiger partial charge in [-0.05, 0) is 60.1 Å². The van der Waals surface area contributed by atoms with E-state index >= 15 is 0 Å². The summed E-state index contributed by atoms with van der Waals surface area (Å²) >= 11 is 0. The van der Waals surface area contributed by atoms with Gasteiger partial charge in [-0.25, -0.2) is 0 Å². The molecule has 0 fully saturated rings. The Hall–Kier alpha value is -1.30. The molecule has 0 heterocycles. The second kappa shape index (κ2) is 3.37. The zero-order valence-electron chi connectivity index (χ0n) is 9.22. The normalized spacial score (nSPS) is 15.3. The van der Waals surface area contributed by atoms with Gasteiger partial charge in [0.2, 0.25) is 0 Å². The average molecular weight is 196 g/mol. The molecule has 0 saturated heterocycles. The molecule has 15 heavy (non-hydrogen) atoms.